The Balaban J connectivity index is 1.69. The van der Waals surface area contributed by atoms with E-state index in [1.54, 1.807) is 31.2 Å². The number of H-pyrrole nitrogens is 1. The number of benzene rings is 1. The first-order valence-corrected chi connectivity index (χ1v) is 8.63. The summed E-state index contributed by atoms with van der Waals surface area (Å²) in [5.74, 6) is -0.726. The van der Waals surface area contributed by atoms with E-state index in [9.17, 15) is 22.8 Å². The van der Waals surface area contributed by atoms with Crippen molar-refractivity contribution >= 4 is 22.4 Å². The Hall–Kier alpha value is -4.02. The molecule has 0 aliphatic heterocycles. The van der Waals surface area contributed by atoms with Crippen molar-refractivity contribution in [3.63, 3.8) is 0 Å². The normalized spacial score (nSPS) is 11.6. The highest BCUT2D eigenvalue weighted by atomic mass is 19.4. The number of alkyl halides is 3. The van der Waals surface area contributed by atoms with Gasteiger partial charge in [0.2, 0.25) is 0 Å². The Bertz CT molecular complexity index is 1330. The lowest BCUT2D eigenvalue weighted by atomic mass is 10.1. The lowest BCUT2D eigenvalue weighted by Gasteiger charge is -2.09. The number of nitrogens with zero attached hydrogens (tertiary/aromatic N) is 4. The van der Waals surface area contributed by atoms with Gasteiger partial charge in [0.25, 0.3) is 11.5 Å². The Morgan fingerprint density at radius 2 is 1.97 bits per heavy atom. The topological polar surface area (TPSA) is 106 Å². The van der Waals surface area contributed by atoms with Crippen LogP contribution in [0.2, 0.25) is 0 Å². The summed E-state index contributed by atoms with van der Waals surface area (Å²) >= 11 is 0. The highest BCUT2D eigenvalue weighted by Gasteiger charge is 2.32. The van der Waals surface area contributed by atoms with Crippen LogP contribution in [0.5, 0.6) is 0 Å². The minimum Gasteiger partial charge on any atom is -0.329 e. The maximum atomic E-state index is 12.8. The first kappa shape index (κ1) is 19.3. The molecule has 0 bridgehead atoms. The second-order valence-electron chi connectivity index (χ2n) is 6.36. The molecule has 3 heterocycles. The summed E-state index contributed by atoms with van der Waals surface area (Å²) in [7, 11) is 0. The molecule has 0 aliphatic rings. The summed E-state index contributed by atoms with van der Waals surface area (Å²) in [6.45, 7) is 1.59. The Kier molecular flexibility index (Phi) is 4.57. The largest absolute Gasteiger partial charge is 0.433 e. The first-order chi connectivity index (χ1) is 14.3. The second-order valence-corrected chi connectivity index (χ2v) is 6.36. The van der Waals surface area contributed by atoms with Crippen LogP contribution < -0.4 is 10.9 Å². The zero-order chi connectivity index (χ0) is 21.5. The molecule has 152 valence electrons. The van der Waals surface area contributed by atoms with E-state index in [0.29, 0.717) is 22.2 Å². The summed E-state index contributed by atoms with van der Waals surface area (Å²) in [5.41, 5.74) is -0.656. The van der Waals surface area contributed by atoms with E-state index >= 15 is 0 Å². The molecule has 1 aromatic carbocycles. The smallest absolute Gasteiger partial charge is 0.329 e. The third kappa shape index (κ3) is 3.41. The van der Waals surface area contributed by atoms with Gasteiger partial charge in [0.15, 0.2) is 5.69 Å². The van der Waals surface area contributed by atoms with Gasteiger partial charge >= 0.3 is 6.18 Å². The van der Waals surface area contributed by atoms with Crippen LogP contribution in [0.15, 0.2) is 53.6 Å². The Morgan fingerprint density at radius 1 is 1.17 bits per heavy atom. The highest BCUT2D eigenvalue weighted by molar-refractivity contribution is 6.03. The van der Waals surface area contributed by atoms with Crippen LogP contribution in [0, 0.1) is 6.92 Å². The molecular formula is C19H13F3N6O2. The van der Waals surface area contributed by atoms with Crippen LogP contribution >= 0.6 is 0 Å². The molecule has 0 atom stereocenters. The Morgan fingerprint density at radius 3 is 2.73 bits per heavy atom. The Labute approximate surface area is 166 Å². The van der Waals surface area contributed by atoms with Crippen LogP contribution in [0.1, 0.15) is 21.9 Å². The molecule has 11 heteroatoms. The summed E-state index contributed by atoms with van der Waals surface area (Å²) in [4.78, 5) is 30.4. The molecule has 2 N–H and O–H groups in total. The number of rotatable bonds is 3. The monoisotopic (exact) mass is 414 g/mol. The predicted molar refractivity (Wildman–Crippen MR) is 101 cm³/mol. The molecule has 8 nitrogen and oxygen atoms in total. The van der Waals surface area contributed by atoms with Crippen LogP contribution in [-0.2, 0) is 6.18 Å². The zero-order valence-corrected chi connectivity index (χ0v) is 15.4. The van der Waals surface area contributed by atoms with E-state index in [4.69, 9.17) is 0 Å². The number of carbonyl (C=O) groups excluding carboxylic acids is 1. The molecule has 4 rings (SSSR count). The van der Waals surface area contributed by atoms with Crippen molar-refractivity contribution in [2.24, 2.45) is 0 Å². The van der Waals surface area contributed by atoms with Gasteiger partial charge in [0, 0.05) is 28.9 Å². The van der Waals surface area contributed by atoms with Gasteiger partial charge in [-0.15, -0.1) is 5.10 Å². The molecule has 0 radical (unpaired) electrons. The molecule has 4 aromatic rings. The fourth-order valence-electron chi connectivity index (χ4n) is 3.01. The van der Waals surface area contributed by atoms with Crippen molar-refractivity contribution in [2.75, 3.05) is 5.32 Å². The number of carbonyl (C=O) groups is 1. The molecule has 0 saturated heterocycles. The summed E-state index contributed by atoms with van der Waals surface area (Å²) in [5, 5.41) is 11.3. The van der Waals surface area contributed by atoms with Crippen LogP contribution in [0.4, 0.5) is 18.9 Å². The quantitative estimate of drug-likeness (QED) is 0.536. The maximum absolute atomic E-state index is 12.8. The fraction of sp³-hybridized carbons (Fsp3) is 0.105. The van der Waals surface area contributed by atoms with Crippen molar-refractivity contribution in [2.45, 2.75) is 13.1 Å². The molecule has 0 unspecified atom stereocenters. The van der Waals surface area contributed by atoms with Crippen molar-refractivity contribution < 1.29 is 18.0 Å². The zero-order valence-electron chi connectivity index (χ0n) is 15.4. The molecule has 0 aliphatic carbocycles. The molecule has 0 spiro atoms. The maximum Gasteiger partial charge on any atom is 0.433 e. The van der Waals surface area contributed by atoms with Crippen molar-refractivity contribution in [3.8, 4) is 5.69 Å². The van der Waals surface area contributed by atoms with Crippen LogP contribution in [0.3, 0.4) is 0 Å². The number of pyridine rings is 2. The van der Waals surface area contributed by atoms with Crippen LogP contribution in [-0.4, -0.2) is 30.9 Å². The molecular weight excluding hydrogens is 401 g/mol. The van der Waals surface area contributed by atoms with E-state index in [0.717, 1.165) is 12.3 Å². The average Bonchev–Trinajstić information content (AvgIpc) is 3.09. The van der Waals surface area contributed by atoms with Crippen molar-refractivity contribution in [3.05, 3.63) is 76.2 Å². The molecule has 3 aromatic heterocycles. The van der Waals surface area contributed by atoms with Gasteiger partial charge in [-0.25, -0.2) is 4.68 Å². The van der Waals surface area contributed by atoms with E-state index in [-0.39, 0.29) is 16.9 Å². The minimum atomic E-state index is -4.63. The first-order valence-electron chi connectivity index (χ1n) is 8.63. The molecule has 0 saturated carbocycles. The van der Waals surface area contributed by atoms with Gasteiger partial charge in [-0.1, -0.05) is 11.3 Å². The summed E-state index contributed by atoms with van der Waals surface area (Å²) in [6, 6.07) is 8.70. The lowest BCUT2D eigenvalue weighted by molar-refractivity contribution is -0.141. The molecule has 1 amide bonds. The summed E-state index contributed by atoms with van der Waals surface area (Å²) < 4.78 is 39.8. The number of aromatic amines is 1. The van der Waals surface area contributed by atoms with Crippen molar-refractivity contribution in [1.29, 1.82) is 0 Å². The standard InChI is InChI=1S/C19H13F3N6O2/c1-10-16(18(30)25-11-5-7-23-15(9-11)19(20,21)22)26-27-28(10)14-4-2-3-13-12(14)6-8-24-17(13)29/h2-9H,1H3,(H,24,29)(H,23,25,30). The summed E-state index contributed by atoms with van der Waals surface area (Å²) in [6.07, 6.45) is -2.18. The minimum absolute atomic E-state index is 0.0674. The number of fused-ring (bicyclic) bond motifs is 1. The number of nitrogens with one attached hydrogen (secondary N) is 2. The fourth-order valence-corrected chi connectivity index (χ4v) is 3.01. The molecule has 0 fully saturated rings. The average molecular weight is 414 g/mol. The number of halogens is 3. The number of amides is 1. The van der Waals surface area contributed by atoms with Gasteiger partial charge in [0.1, 0.15) is 5.69 Å². The number of anilines is 1. The van der Waals surface area contributed by atoms with Gasteiger partial charge in [-0.3, -0.25) is 14.6 Å². The van der Waals surface area contributed by atoms with E-state index in [2.05, 4.69) is 25.6 Å². The van der Waals surface area contributed by atoms with Crippen molar-refractivity contribution in [1.82, 2.24) is 25.0 Å². The number of hydrogen-bond acceptors (Lipinski definition) is 5. The predicted octanol–water partition coefficient (Wildman–Crippen LogP) is 3.08. The third-order valence-electron chi connectivity index (χ3n) is 4.44. The van der Waals surface area contributed by atoms with E-state index in [1.165, 1.54) is 16.9 Å². The molecule has 30 heavy (non-hydrogen) atoms. The number of aromatic nitrogens is 5. The SMILES string of the molecule is Cc1c(C(=O)Nc2ccnc(C(F)(F)F)c2)nnn1-c1cccc2c(=O)[nH]ccc12. The van der Waals surface area contributed by atoms with E-state index in [1.807, 2.05) is 0 Å². The second kappa shape index (κ2) is 7.10. The van der Waals surface area contributed by atoms with Gasteiger partial charge in [-0.2, -0.15) is 13.2 Å². The van der Waals surface area contributed by atoms with Gasteiger partial charge < -0.3 is 10.3 Å². The van der Waals surface area contributed by atoms with Gasteiger partial charge in [-0.05, 0) is 37.3 Å². The van der Waals surface area contributed by atoms with Crippen LogP contribution in [0.25, 0.3) is 16.5 Å². The van der Waals surface area contributed by atoms with E-state index < -0.39 is 17.8 Å². The van der Waals surface area contributed by atoms with Gasteiger partial charge in [0.05, 0.1) is 11.4 Å². The lowest BCUT2D eigenvalue weighted by Crippen LogP contribution is -2.15. The highest BCUT2D eigenvalue weighted by Crippen LogP contribution is 2.29. The third-order valence-corrected chi connectivity index (χ3v) is 4.44. The number of hydrogen-bond donors (Lipinski definition) is 2.